The molecule has 6 nitrogen and oxygen atoms in total. The topological polar surface area (TPSA) is 66.8 Å². The molecule has 1 aliphatic heterocycles. The van der Waals surface area contributed by atoms with Crippen LogP contribution in [0.1, 0.15) is 18.0 Å². The molecule has 0 aromatic carbocycles. The number of carbonyl (C=O) groups is 1. The molecule has 0 unspecified atom stereocenters. The molecule has 1 saturated heterocycles. The van der Waals surface area contributed by atoms with Gasteiger partial charge in [0.05, 0.1) is 11.2 Å². The Morgan fingerprint density at radius 3 is 3.16 bits per heavy atom. The first-order chi connectivity index (χ1) is 9.22. The lowest BCUT2D eigenvalue weighted by Gasteiger charge is -2.16. The van der Waals surface area contributed by atoms with E-state index in [0.29, 0.717) is 10.9 Å². The van der Waals surface area contributed by atoms with Crippen LogP contribution in [-0.4, -0.2) is 43.9 Å². The lowest BCUT2D eigenvalue weighted by atomic mass is 10.1. The van der Waals surface area contributed by atoms with Crippen LogP contribution in [0.5, 0.6) is 0 Å². The van der Waals surface area contributed by atoms with Crippen molar-refractivity contribution < 1.29 is 4.79 Å². The number of nitrogens with one attached hydrogen (secondary N) is 1. The van der Waals surface area contributed by atoms with Crippen LogP contribution in [0.4, 0.5) is 0 Å². The van der Waals surface area contributed by atoms with Crippen molar-refractivity contribution in [2.45, 2.75) is 18.9 Å². The molecule has 0 aliphatic carbocycles. The van der Waals surface area contributed by atoms with Crippen molar-refractivity contribution in [3.63, 3.8) is 0 Å². The van der Waals surface area contributed by atoms with Crippen LogP contribution in [0, 0.1) is 0 Å². The van der Waals surface area contributed by atoms with E-state index < -0.39 is 0 Å². The first-order valence-electron chi connectivity index (χ1n) is 6.17. The Bertz CT molecular complexity index is 564. The fourth-order valence-electron chi connectivity index (χ4n) is 2.40. The fraction of sp³-hybridized carbons (Fsp3) is 0.417. The van der Waals surface area contributed by atoms with E-state index in [1.807, 2.05) is 11.0 Å². The van der Waals surface area contributed by atoms with Crippen molar-refractivity contribution in [2.75, 3.05) is 13.1 Å². The maximum Gasteiger partial charge on any atom is 0.244 e. The van der Waals surface area contributed by atoms with Crippen molar-refractivity contribution in [3.05, 3.63) is 35.4 Å². The SMILES string of the molecule is O=C(Cn1cc(Cl)cn1)N1CC[C@H](c2ccn[nH]2)C1. The van der Waals surface area contributed by atoms with Gasteiger partial charge in [-0.2, -0.15) is 10.2 Å². The van der Waals surface area contributed by atoms with Crippen LogP contribution in [0.25, 0.3) is 0 Å². The molecular formula is C12H14ClN5O. The average molecular weight is 280 g/mol. The molecule has 2 aromatic rings. The van der Waals surface area contributed by atoms with Gasteiger partial charge >= 0.3 is 0 Å². The van der Waals surface area contributed by atoms with E-state index in [0.717, 1.165) is 25.2 Å². The molecular weight excluding hydrogens is 266 g/mol. The van der Waals surface area contributed by atoms with Crippen molar-refractivity contribution in [2.24, 2.45) is 0 Å². The van der Waals surface area contributed by atoms with Gasteiger partial charge in [0.2, 0.25) is 5.91 Å². The van der Waals surface area contributed by atoms with E-state index in [2.05, 4.69) is 15.3 Å². The maximum absolute atomic E-state index is 12.1. The minimum Gasteiger partial charge on any atom is -0.340 e. The molecule has 2 aromatic heterocycles. The monoisotopic (exact) mass is 279 g/mol. The number of amides is 1. The van der Waals surface area contributed by atoms with Crippen molar-refractivity contribution in [1.82, 2.24) is 24.9 Å². The first kappa shape index (κ1) is 12.2. The van der Waals surface area contributed by atoms with Crippen LogP contribution in [0.15, 0.2) is 24.7 Å². The number of carbonyl (C=O) groups excluding carboxylic acids is 1. The highest BCUT2D eigenvalue weighted by Gasteiger charge is 2.28. The van der Waals surface area contributed by atoms with Gasteiger partial charge in [0.1, 0.15) is 6.54 Å². The molecule has 3 rings (SSSR count). The smallest absolute Gasteiger partial charge is 0.244 e. The summed E-state index contributed by atoms with van der Waals surface area (Å²) in [4.78, 5) is 14.0. The number of H-pyrrole nitrogens is 1. The molecule has 100 valence electrons. The number of nitrogens with zero attached hydrogens (tertiary/aromatic N) is 4. The van der Waals surface area contributed by atoms with Gasteiger partial charge in [-0.1, -0.05) is 11.6 Å². The lowest BCUT2D eigenvalue weighted by Crippen LogP contribution is -2.31. The summed E-state index contributed by atoms with van der Waals surface area (Å²) in [7, 11) is 0. The molecule has 3 heterocycles. The number of likely N-dealkylation sites (tertiary alicyclic amines) is 1. The lowest BCUT2D eigenvalue weighted by molar-refractivity contribution is -0.131. The third kappa shape index (κ3) is 2.63. The van der Waals surface area contributed by atoms with E-state index >= 15 is 0 Å². The van der Waals surface area contributed by atoms with E-state index in [9.17, 15) is 4.79 Å². The molecule has 1 amide bonds. The summed E-state index contributed by atoms with van der Waals surface area (Å²) in [5.41, 5.74) is 1.09. The van der Waals surface area contributed by atoms with Crippen molar-refractivity contribution in [3.8, 4) is 0 Å². The molecule has 1 aliphatic rings. The first-order valence-corrected chi connectivity index (χ1v) is 6.55. The van der Waals surface area contributed by atoms with Gasteiger partial charge in [-0.3, -0.25) is 14.6 Å². The minimum absolute atomic E-state index is 0.0711. The summed E-state index contributed by atoms with van der Waals surface area (Å²) in [6.45, 7) is 1.75. The zero-order chi connectivity index (χ0) is 13.2. The zero-order valence-corrected chi connectivity index (χ0v) is 11.0. The third-order valence-corrected chi connectivity index (χ3v) is 3.60. The summed E-state index contributed by atoms with van der Waals surface area (Å²) in [6.07, 6.45) is 5.90. The second-order valence-electron chi connectivity index (χ2n) is 4.69. The minimum atomic E-state index is 0.0711. The molecule has 19 heavy (non-hydrogen) atoms. The van der Waals surface area contributed by atoms with E-state index in [-0.39, 0.29) is 12.5 Å². The van der Waals surface area contributed by atoms with E-state index in [1.165, 1.54) is 6.20 Å². The fourth-order valence-corrected chi connectivity index (χ4v) is 2.55. The van der Waals surface area contributed by atoms with E-state index in [1.54, 1.807) is 17.1 Å². The van der Waals surface area contributed by atoms with Crippen LogP contribution in [-0.2, 0) is 11.3 Å². The zero-order valence-electron chi connectivity index (χ0n) is 10.3. The number of halogens is 1. The summed E-state index contributed by atoms with van der Waals surface area (Å²) >= 11 is 5.77. The number of hydrogen-bond acceptors (Lipinski definition) is 3. The molecule has 0 bridgehead atoms. The largest absolute Gasteiger partial charge is 0.340 e. The quantitative estimate of drug-likeness (QED) is 0.920. The highest BCUT2D eigenvalue weighted by atomic mass is 35.5. The second kappa shape index (κ2) is 5.05. The number of aromatic nitrogens is 4. The van der Waals surface area contributed by atoms with Crippen LogP contribution in [0.3, 0.4) is 0 Å². The van der Waals surface area contributed by atoms with Gasteiger partial charge in [-0.15, -0.1) is 0 Å². The van der Waals surface area contributed by atoms with Crippen LogP contribution >= 0.6 is 11.6 Å². The third-order valence-electron chi connectivity index (χ3n) is 3.40. The summed E-state index contributed by atoms with van der Waals surface area (Å²) in [5.74, 6) is 0.425. The highest BCUT2D eigenvalue weighted by molar-refractivity contribution is 6.30. The van der Waals surface area contributed by atoms with Gasteiger partial charge in [0, 0.05) is 37.1 Å². The Morgan fingerprint density at radius 1 is 1.58 bits per heavy atom. The number of hydrogen-bond donors (Lipinski definition) is 1. The van der Waals surface area contributed by atoms with Gasteiger partial charge in [0.15, 0.2) is 0 Å². The van der Waals surface area contributed by atoms with Gasteiger partial charge in [-0.25, -0.2) is 0 Å². The average Bonchev–Trinajstić information content (AvgIpc) is 3.08. The highest BCUT2D eigenvalue weighted by Crippen LogP contribution is 2.25. The van der Waals surface area contributed by atoms with Gasteiger partial charge < -0.3 is 4.90 Å². The molecule has 1 N–H and O–H groups in total. The standard InChI is InChI=1S/C12H14ClN5O/c13-10-5-15-18(7-10)8-12(19)17-4-2-9(6-17)11-1-3-14-16-11/h1,3,5,7,9H,2,4,6,8H2,(H,14,16)/t9-/m0/s1. The molecule has 0 radical (unpaired) electrons. The van der Waals surface area contributed by atoms with Crippen molar-refractivity contribution >= 4 is 17.5 Å². The van der Waals surface area contributed by atoms with Gasteiger partial charge in [0.25, 0.3) is 0 Å². The number of aromatic amines is 1. The predicted molar refractivity (Wildman–Crippen MR) is 69.8 cm³/mol. The van der Waals surface area contributed by atoms with Crippen LogP contribution in [0.2, 0.25) is 5.02 Å². The van der Waals surface area contributed by atoms with Gasteiger partial charge in [-0.05, 0) is 12.5 Å². The summed E-state index contributed by atoms with van der Waals surface area (Å²) < 4.78 is 1.56. The molecule has 0 spiro atoms. The Kier molecular flexibility index (Phi) is 3.25. The molecule has 1 atom stereocenters. The normalized spacial score (nSPS) is 19.0. The second-order valence-corrected chi connectivity index (χ2v) is 5.13. The maximum atomic E-state index is 12.1. The van der Waals surface area contributed by atoms with Crippen molar-refractivity contribution in [1.29, 1.82) is 0 Å². The van der Waals surface area contributed by atoms with E-state index in [4.69, 9.17) is 11.6 Å². The predicted octanol–water partition coefficient (Wildman–Crippen LogP) is 1.28. The molecule has 0 saturated carbocycles. The van der Waals surface area contributed by atoms with Crippen LogP contribution < -0.4 is 0 Å². The summed E-state index contributed by atoms with van der Waals surface area (Å²) in [5, 5.41) is 11.5. The molecule has 1 fully saturated rings. The Morgan fingerprint density at radius 2 is 2.47 bits per heavy atom. The number of rotatable bonds is 3. The Hall–Kier alpha value is -1.82. The molecule has 7 heteroatoms. The Balaban J connectivity index is 1.60. The Labute approximate surface area is 115 Å². The summed E-state index contributed by atoms with van der Waals surface area (Å²) in [6, 6.07) is 1.96.